The Kier molecular flexibility index (Phi) is 6.70. The Morgan fingerprint density at radius 3 is 2.35 bits per heavy atom. The van der Waals surface area contributed by atoms with E-state index in [4.69, 9.17) is 9.47 Å². The Bertz CT molecular complexity index is 1080. The number of ether oxygens (including phenoxy) is 2. The van der Waals surface area contributed by atoms with Crippen LogP contribution < -0.4 is 4.74 Å². The number of aryl methyl sites for hydroxylation is 1. The first-order valence-corrected chi connectivity index (χ1v) is 11.9. The van der Waals surface area contributed by atoms with Crippen LogP contribution in [0, 0.1) is 6.92 Å². The third-order valence-corrected chi connectivity index (χ3v) is 7.37. The van der Waals surface area contributed by atoms with Gasteiger partial charge in [0.1, 0.15) is 12.4 Å². The smallest absolute Gasteiger partial charge is 0.243 e. The van der Waals surface area contributed by atoms with E-state index in [1.165, 1.54) is 4.31 Å². The molecule has 0 aromatic heterocycles. The monoisotopic (exact) mass is 437 g/mol. The van der Waals surface area contributed by atoms with E-state index in [-0.39, 0.29) is 6.10 Å². The molecule has 1 saturated heterocycles. The first kappa shape index (κ1) is 21.6. The maximum Gasteiger partial charge on any atom is 0.243 e. The van der Waals surface area contributed by atoms with Crippen LogP contribution >= 0.6 is 0 Å². The fraction of sp³-hybridized carbons (Fsp3) is 0.280. The molecule has 1 fully saturated rings. The highest BCUT2D eigenvalue weighted by atomic mass is 32.2. The summed E-state index contributed by atoms with van der Waals surface area (Å²) in [6, 6.07) is 24.9. The molecular weight excluding hydrogens is 410 g/mol. The van der Waals surface area contributed by atoms with Gasteiger partial charge in [0.15, 0.2) is 0 Å². The van der Waals surface area contributed by atoms with Gasteiger partial charge in [-0.25, -0.2) is 8.42 Å². The molecule has 1 aliphatic heterocycles. The van der Waals surface area contributed by atoms with Crippen LogP contribution in [-0.4, -0.2) is 32.4 Å². The molecule has 1 heterocycles. The van der Waals surface area contributed by atoms with E-state index in [0.29, 0.717) is 37.6 Å². The number of benzene rings is 3. The molecule has 0 radical (unpaired) electrons. The van der Waals surface area contributed by atoms with Crippen molar-refractivity contribution in [1.82, 2.24) is 4.31 Å². The summed E-state index contributed by atoms with van der Waals surface area (Å²) in [5.74, 6) is 0.796. The van der Waals surface area contributed by atoms with Crippen LogP contribution in [-0.2, 0) is 21.4 Å². The Morgan fingerprint density at radius 2 is 1.65 bits per heavy atom. The summed E-state index contributed by atoms with van der Waals surface area (Å²) in [6.07, 6.45) is 0.469. The van der Waals surface area contributed by atoms with Crippen molar-refractivity contribution in [3.8, 4) is 5.75 Å². The van der Waals surface area contributed by atoms with Crippen LogP contribution in [0.15, 0.2) is 83.8 Å². The SMILES string of the molecule is Cc1ccc(S(=O)(=O)N2CCOC(c3ccc(OCc4ccccc4)cc3)CC2)cc1. The molecule has 0 aliphatic carbocycles. The zero-order valence-electron chi connectivity index (χ0n) is 17.6. The fourth-order valence-corrected chi connectivity index (χ4v) is 5.07. The van der Waals surface area contributed by atoms with Crippen LogP contribution in [0.5, 0.6) is 5.75 Å². The highest BCUT2D eigenvalue weighted by Crippen LogP contribution is 2.28. The second-order valence-corrected chi connectivity index (χ2v) is 9.65. The van der Waals surface area contributed by atoms with E-state index in [1.54, 1.807) is 12.1 Å². The molecule has 6 heteroatoms. The second-order valence-electron chi connectivity index (χ2n) is 7.71. The lowest BCUT2D eigenvalue weighted by molar-refractivity contribution is 0.0633. The normalized spacial score (nSPS) is 17.8. The van der Waals surface area contributed by atoms with Gasteiger partial charge in [0.05, 0.1) is 17.6 Å². The first-order valence-electron chi connectivity index (χ1n) is 10.5. The van der Waals surface area contributed by atoms with Crippen LogP contribution in [0.3, 0.4) is 0 Å². The van der Waals surface area contributed by atoms with Gasteiger partial charge in [-0.1, -0.05) is 60.2 Å². The quantitative estimate of drug-likeness (QED) is 0.560. The molecule has 1 aliphatic rings. The summed E-state index contributed by atoms with van der Waals surface area (Å²) in [4.78, 5) is 0.330. The Labute approximate surface area is 184 Å². The molecule has 3 aromatic carbocycles. The summed E-state index contributed by atoms with van der Waals surface area (Å²) >= 11 is 0. The van der Waals surface area contributed by atoms with E-state index in [2.05, 4.69) is 0 Å². The average molecular weight is 438 g/mol. The van der Waals surface area contributed by atoms with Gasteiger partial charge < -0.3 is 9.47 Å². The molecule has 0 N–H and O–H groups in total. The van der Waals surface area contributed by atoms with Crippen molar-refractivity contribution in [2.45, 2.75) is 31.0 Å². The van der Waals surface area contributed by atoms with Crippen LogP contribution in [0.2, 0.25) is 0 Å². The molecule has 162 valence electrons. The van der Waals surface area contributed by atoms with Crippen LogP contribution in [0.1, 0.15) is 29.2 Å². The number of hydrogen-bond acceptors (Lipinski definition) is 4. The molecule has 0 amide bonds. The van der Waals surface area contributed by atoms with Gasteiger partial charge >= 0.3 is 0 Å². The van der Waals surface area contributed by atoms with Crippen LogP contribution in [0.4, 0.5) is 0 Å². The topological polar surface area (TPSA) is 55.8 Å². The lowest BCUT2D eigenvalue weighted by Gasteiger charge is -2.19. The molecule has 1 atom stereocenters. The van der Waals surface area contributed by atoms with Gasteiger partial charge in [-0.2, -0.15) is 4.31 Å². The summed E-state index contributed by atoms with van der Waals surface area (Å²) in [6.45, 7) is 3.60. The molecule has 3 aromatic rings. The standard InChI is InChI=1S/C25H27NO4S/c1-20-7-13-24(14-8-20)31(27,28)26-16-15-25(29-18-17-26)22-9-11-23(12-10-22)30-19-21-5-3-2-4-6-21/h2-14,25H,15-19H2,1H3. The maximum atomic E-state index is 13.0. The third kappa shape index (κ3) is 5.34. The Morgan fingerprint density at radius 1 is 0.935 bits per heavy atom. The Hall–Kier alpha value is -2.67. The number of hydrogen-bond donors (Lipinski definition) is 0. The van der Waals surface area contributed by atoms with Gasteiger partial charge in [-0.05, 0) is 48.7 Å². The van der Waals surface area contributed by atoms with Gasteiger partial charge in [0.2, 0.25) is 10.0 Å². The van der Waals surface area contributed by atoms with E-state index in [0.717, 1.165) is 22.4 Å². The number of sulfonamides is 1. The van der Waals surface area contributed by atoms with E-state index in [9.17, 15) is 8.42 Å². The van der Waals surface area contributed by atoms with E-state index >= 15 is 0 Å². The third-order valence-electron chi connectivity index (χ3n) is 5.46. The van der Waals surface area contributed by atoms with Crippen molar-refractivity contribution < 1.29 is 17.9 Å². The highest BCUT2D eigenvalue weighted by Gasteiger charge is 2.28. The molecule has 5 nitrogen and oxygen atoms in total. The highest BCUT2D eigenvalue weighted by molar-refractivity contribution is 7.89. The minimum atomic E-state index is -3.51. The zero-order valence-corrected chi connectivity index (χ0v) is 18.4. The number of nitrogens with zero attached hydrogens (tertiary/aromatic N) is 1. The Balaban J connectivity index is 1.37. The lowest BCUT2D eigenvalue weighted by Crippen LogP contribution is -2.33. The van der Waals surface area contributed by atoms with Crippen LogP contribution in [0.25, 0.3) is 0 Å². The maximum absolute atomic E-state index is 13.0. The van der Waals surface area contributed by atoms with Gasteiger partial charge in [-0.3, -0.25) is 0 Å². The summed E-state index contributed by atoms with van der Waals surface area (Å²) in [7, 11) is -3.51. The minimum Gasteiger partial charge on any atom is -0.489 e. The van der Waals surface area contributed by atoms with Crippen molar-refractivity contribution in [3.05, 3.63) is 95.6 Å². The van der Waals surface area contributed by atoms with Crippen molar-refractivity contribution in [3.63, 3.8) is 0 Å². The summed E-state index contributed by atoms with van der Waals surface area (Å²) in [5, 5.41) is 0. The summed E-state index contributed by atoms with van der Waals surface area (Å²) < 4.78 is 39.3. The van der Waals surface area contributed by atoms with E-state index in [1.807, 2.05) is 73.7 Å². The van der Waals surface area contributed by atoms with Gasteiger partial charge in [-0.15, -0.1) is 0 Å². The van der Waals surface area contributed by atoms with Crippen molar-refractivity contribution in [1.29, 1.82) is 0 Å². The molecular formula is C25H27NO4S. The van der Waals surface area contributed by atoms with Crippen molar-refractivity contribution in [2.75, 3.05) is 19.7 Å². The van der Waals surface area contributed by atoms with Gasteiger partial charge in [0.25, 0.3) is 0 Å². The summed E-state index contributed by atoms with van der Waals surface area (Å²) in [5.41, 5.74) is 3.18. The predicted octanol–water partition coefficient (Wildman–Crippen LogP) is 4.73. The average Bonchev–Trinajstić information content (AvgIpc) is 3.06. The van der Waals surface area contributed by atoms with E-state index < -0.39 is 10.0 Å². The molecule has 0 bridgehead atoms. The zero-order chi connectivity index (χ0) is 21.7. The predicted molar refractivity (Wildman–Crippen MR) is 120 cm³/mol. The van der Waals surface area contributed by atoms with Crippen molar-refractivity contribution in [2.24, 2.45) is 0 Å². The van der Waals surface area contributed by atoms with Gasteiger partial charge in [0, 0.05) is 13.1 Å². The largest absolute Gasteiger partial charge is 0.489 e. The first-order chi connectivity index (χ1) is 15.0. The number of rotatable bonds is 6. The molecule has 1 unspecified atom stereocenters. The minimum absolute atomic E-state index is 0.138. The second kappa shape index (κ2) is 9.64. The fourth-order valence-electron chi connectivity index (χ4n) is 3.64. The lowest BCUT2D eigenvalue weighted by atomic mass is 10.1. The molecule has 4 rings (SSSR count). The van der Waals surface area contributed by atoms with Crippen molar-refractivity contribution >= 4 is 10.0 Å². The molecule has 31 heavy (non-hydrogen) atoms. The molecule has 0 saturated carbocycles. The molecule has 0 spiro atoms.